The van der Waals surface area contributed by atoms with E-state index >= 15 is 0 Å². The van der Waals surface area contributed by atoms with Gasteiger partial charge in [0.2, 0.25) is 0 Å². The molecule has 0 saturated carbocycles. The van der Waals surface area contributed by atoms with E-state index in [1.807, 2.05) is 20.0 Å². The zero-order chi connectivity index (χ0) is 14.4. The van der Waals surface area contributed by atoms with Crippen LogP contribution in [0.1, 0.15) is 23.1 Å². The average Bonchev–Trinajstić information content (AvgIpc) is 2.85. The van der Waals surface area contributed by atoms with Crippen molar-refractivity contribution in [2.75, 3.05) is 18.4 Å². The molecule has 7 nitrogen and oxygen atoms in total. The van der Waals surface area contributed by atoms with Crippen LogP contribution in [0.15, 0.2) is 24.7 Å². The number of aromatic nitrogens is 4. The predicted octanol–water partition coefficient (Wildman–Crippen LogP) is 0.614. The van der Waals surface area contributed by atoms with E-state index in [2.05, 4.69) is 25.7 Å². The third-order valence-corrected chi connectivity index (χ3v) is 2.83. The number of rotatable bonds is 6. The van der Waals surface area contributed by atoms with Crippen molar-refractivity contribution >= 4 is 11.7 Å². The molecule has 2 rings (SSSR count). The van der Waals surface area contributed by atoms with Gasteiger partial charge in [0, 0.05) is 38.4 Å². The zero-order valence-electron chi connectivity index (χ0n) is 11.6. The highest BCUT2D eigenvalue weighted by atomic mass is 16.1. The first kappa shape index (κ1) is 14.0. The second-order valence-electron chi connectivity index (χ2n) is 4.27. The van der Waals surface area contributed by atoms with E-state index in [1.54, 1.807) is 17.1 Å². The Morgan fingerprint density at radius 1 is 1.35 bits per heavy atom. The third kappa shape index (κ3) is 3.53. The SMILES string of the molecule is CCNc1cnc(C(=O)NCCc2ccnn2C)cn1. The predicted molar refractivity (Wildman–Crippen MR) is 75.4 cm³/mol. The summed E-state index contributed by atoms with van der Waals surface area (Å²) in [5.41, 5.74) is 1.38. The van der Waals surface area contributed by atoms with Crippen molar-refractivity contribution in [1.82, 2.24) is 25.1 Å². The van der Waals surface area contributed by atoms with E-state index in [1.165, 1.54) is 6.20 Å². The van der Waals surface area contributed by atoms with E-state index in [4.69, 9.17) is 0 Å². The van der Waals surface area contributed by atoms with Gasteiger partial charge in [0.1, 0.15) is 11.5 Å². The Balaban J connectivity index is 1.84. The fraction of sp³-hybridized carbons (Fsp3) is 0.385. The van der Waals surface area contributed by atoms with E-state index < -0.39 is 0 Å². The Morgan fingerprint density at radius 2 is 2.20 bits per heavy atom. The second kappa shape index (κ2) is 6.65. The maximum Gasteiger partial charge on any atom is 0.271 e. The fourth-order valence-electron chi connectivity index (χ4n) is 1.76. The van der Waals surface area contributed by atoms with Crippen LogP contribution in [0.2, 0.25) is 0 Å². The van der Waals surface area contributed by atoms with Gasteiger partial charge in [0.25, 0.3) is 5.91 Å². The summed E-state index contributed by atoms with van der Waals surface area (Å²) in [5.74, 6) is 0.446. The fourth-order valence-corrected chi connectivity index (χ4v) is 1.76. The summed E-state index contributed by atoms with van der Waals surface area (Å²) in [6, 6.07) is 1.93. The molecule has 2 N–H and O–H groups in total. The minimum atomic E-state index is -0.220. The van der Waals surface area contributed by atoms with E-state index in [-0.39, 0.29) is 5.91 Å². The van der Waals surface area contributed by atoms with Crippen LogP contribution in [-0.2, 0) is 13.5 Å². The summed E-state index contributed by atoms with van der Waals surface area (Å²) in [6.07, 6.45) is 5.49. The topological polar surface area (TPSA) is 84.7 Å². The van der Waals surface area contributed by atoms with E-state index in [9.17, 15) is 4.79 Å². The molecule has 0 saturated heterocycles. The van der Waals surface area contributed by atoms with E-state index in [0.717, 1.165) is 18.7 Å². The van der Waals surface area contributed by atoms with Gasteiger partial charge in [-0.3, -0.25) is 9.48 Å². The second-order valence-corrected chi connectivity index (χ2v) is 4.27. The lowest BCUT2D eigenvalue weighted by atomic mass is 10.3. The Bertz CT molecular complexity index is 562. The first-order valence-corrected chi connectivity index (χ1v) is 6.51. The van der Waals surface area contributed by atoms with Gasteiger partial charge in [-0.25, -0.2) is 9.97 Å². The molecule has 0 spiro atoms. The average molecular weight is 274 g/mol. The smallest absolute Gasteiger partial charge is 0.271 e. The van der Waals surface area contributed by atoms with Crippen LogP contribution in [0.4, 0.5) is 5.82 Å². The van der Waals surface area contributed by atoms with Crippen LogP contribution in [0, 0.1) is 0 Å². The van der Waals surface area contributed by atoms with Crippen LogP contribution >= 0.6 is 0 Å². The quantitative estimate of drug-likeness (QED) is 0.806. The number of aryl methyl sites for hydroxylation is 1. The molecule has 2 aromatic rings. The monoisotopic (exact) mass is 274 g/mol. The molecule has 0 radical (unpaired) electrons. The van der Waals surface area contributed by atoms with Crippen LogP contribution in [0.5, 0.6) is 0 Å². The first-order chi connectivity index (χ1) is 9.70. The Hall–Kier alpha value is -2.44. The molecule has 0 bridgehead atoms. The molecule has 2 aromatic heterocycles. The maximum absolute atomic E-state index is 11.9. The molecule has 1 amide bonds. The largest absolute Gasteiger partial charge is 0.369 e. The minimum absolute atomic E-state index is 0.220. The van der Waals surface area contributed by atoms with Gasteiger partial charge in [-0.2, -0.15) is 5.10 Å². The number of carbonyl (C=O) groups is 1. The molecule has 0 aliphatic rings. The molecule has 7 heteroatoms. The standard InChI is InChI=1S/C13H18N6O/c1-3-14-12-9-16-11(8-17-12)13(20)15-6-4-10-5-7-18-19(10)2/h5,7-9H,3-4,6H2,1-2H3,(H,14,17)(H,15,20). The molecule has 106 valence electrons. The van der Waals surface area contributed by atoms with Crippen molar-refractivity contribution < 1.29 is 4.79 Å². The zero-order valence-corrected chi connectivity index (χ0v) is 11.6. The Kier molecular flexibility index (Phi) is 4.65. The molecule has 0 aromatic carbocycles. The number of hydrogen-bond acceptors (Lipinski definition) is 5. The van der Waals surface area contributed by atoms with Gasteiger partial charge >= 0.3 is 0 Å². The molecule has 0 aliphatic carbocycles. The number of anilines is 1. The van der Waals surface area contributed by atoms with Gasteiger partial charge < -0.3 is 10.6 Å². The summed E-state index contributed by atoms with van der Waals surface area (Å²) >= 11 is 0. The molecule has 0 aliphatic heterocycles. The van der Waals surface area contributed by atoms with Crippen molar-refractivity contribution in [3.8, 4) is 0 Å². The molecule has 2 heterocycles. The summed E-state index contributed by atoms with van der Waals surface area (Å²) in [6.45, 7) is 3.28. The molecule has 0 unspecified atom stereocenters. The maximum atomic E-state index is 11.9. The highest BCUT2D eigenvalue weighted by molar-refractivity contribution is 5.91. The Labute approximate surface area is 117 Å². The lowest BCUT2D eigenvalue weighted by Crippen LogP contribution is -2.27. The molecular formula is C13H18N6O. The highest BCUT2D eigenvalue weighted by Crippen LogP contribution is 2.01. The Morgan fingerprint density at radius 3 is 2.80 bits per heavy atom. The van der Waals surface area contributed by atoms with Crippen molar-refractivity contribution in [2.24, 2.45) is 7.05 Å². The van der Waals surface area contributed by atoms with Gasteiger partial charge in [-0.05, 0) is 13.0 Å². The number of amides is 1. The lowest BCUT2D eigenvalue weighted by Gasteiger charge is -2.06. The third-order valence-electron chi connectivity index (χ3n) is 2.83. The molecule has 0 fully saturated rings. The number of hydrogen-bond donors (Lipinski definition) is 2. The number of nitrogens with zero attached hydrogens (tertiary/aromatic N) is 4. The van der Waals surface area contributed by atoms with Gasteiger partial charge in [-0.1, -0.05) is 0 Å². The van der Waals surface area contributed by atoms with Crippen molar-refractivity contribution in [2.45, 2.75) is 13.3 Å². The normalized spacial score (nSPS) is 10.3. The van der Waals surface area contributed by atoms with Gasteiger partial charge in [0.05, 0.1) is 12.4 Å². The minimum Gasteiger partial charge on any atom is -0.369 e. The summed E-state index contributed by atoms with van der Waals surface area (Å²) in [7, 11) is 1.88. The van der Waals surface area contributed by atoms with Crippen molar-refractivity contribution in [3.05, 3.63) is 36.0 Å². The summed E-state index contributed by atoms with van der Waals surface area (Å²) < 4.78 is 1.79. The molecular weight excluding hydrogens is 256 g/mol. The van der Waals surface area contributed by atoms with Crippen LogP contribution in [-0.4, -0.2) is 38.7 Å². The lowest BCUT2D eigenvalue weighted by molar-refractivity contribution is 0.0948. The number of nitrogens with one attached hydrogen (secondary N) is 2. The van der Waals surface area contributed by atoms with Gasteiger partial charge in [-0.15, -0.1) is 0 Å². The molecule has 0 atom stereocenters. The highest BCUT2D eigenvalue weighted by Gasteiger charge is 2.07. The van der Waals surface area contributed by atoms with Crippen molar-refractivity contribution in [3.63, 3.8) is 0 Å². The van der Waals surface area contributed by atoms with Crippen molar-refractivity contribution in [1.29, 1.82) is 0 Å². The summed E-state index contributed by atoms with van der Waals surface area (Å²) in [4.78, 5) is 20.1. The van der Waals surface area contributed by atoms with Crippen LogP contribution < -0.4 is 10.6 Å². The first-order valence-electron chi connectivity index (χ1n) is 6.51. The van der Waals surface area contributed by atoms with Crippen LogP contribution in [0.3, 0.4) is 0 Å². The van der Waals surface area contributed by atoms with E-state index in [0.29, 0.717) is 18.1 Å². The number of carbonyl (C=O) groups excluding carboxylic acids is 1. The summed E-state index contributed by atoms with van der Waals surface area (Å²) in [5, 5.41) is 9.91. The van der Waals surface area contributed by atoms with Gasteiger partial charge in [0.15, 0.2) is 0 Å². The molecule has 20 heavy (non-hydrogen) atoms. The van der Waals surface area contributed by atoms with Crippen LogP contribution in [0.25, 0.3) is 0 Å².